The molecule has 0 saturated heterocycles. The third-order valence-corrected chi connectivity index (χ3v) is 2.02. The van der Waals surface area contributed by atoms with Gasteiger partial charge in [-0.3, -0.25) is 0 Å². The molecule has 0 aliphatic carbocycles. The van der Waals surface area contributed by atoms with Gasteiger partial charge in [0.15, 0.2) is 0 Å². The summed E-state index contributed by atoms with van der Waals surface area (Å²) in [6.07, 6.45) is 0.998. The van der Waals surface area contributed by atoms with Gasteiger partial charge in [-0.1, -0.05) is 19.9 Å². The minimum Gasteiger partial charge on any atom is -0.497 e. The van der Waals surface area contributed by atoms with Gasteiger partial charge < -0.3 is 9.84 Å². The molecule has 14 heavy (non-hydrogen) atoms. The molecule has 0 bridgehead atoms. The molecule has 0 aliphatic heterocycles. The van der Waals surface area contributed by atoms with Crippen LogP contribution in [0.3, 0.4) is 0 Å². The summed E-state index contributed by atoms with van der Waals surface area (Å²) in [4.78, 5) is 0. The van der Waals surface area contributed by atoms with Crippen LogP contribution in [0.5, 0.6) is 5.75 Å². The van der Waals surface area contributed by atoms with Crippen LogP contribution in [-0.4, -0.2) is 12.2 Å². The Bertz CT molecular complexity index is 270. The largest absolute Gasteiger partial charge is 0.497 e. The molecule has 1 N–H and O–H groups in total. The molecule has 2 heteroatoms. The van der Waals surface area contributed by atoms with Crippen molar-refractivity contribution in [1.82, 2.24) is 0 Å². The Morgan fingerprint density at radius 1 is 1.36 bits per heavy atom. The predicted octanol–water partition coefficient (Wildman–Crippen LogP) is 2.78. The van der Waals surface area contributed by atoms with Crippen LogP contribution in [0.1, 0.15) is 25.0 Å². The second-order valence-corrected chi connectivity index (χ2v) is 3.84. The molecule has 0 aliphatic rings. The molecule has 0 heterocycles. The van der Waals surface area contributed by atoms with Gasteiger partial charge in [0.1, 0.15) is 12.4 Å². The third-order valence-electron chi connectivity index (χ3n) is 2.02. The first-order valence-electron chi connectivity index (χ1n) is 4.81. The maximum Gasteiger partial charge on any atom is 0.119 e. The van der Waals surface area contributed by atoms with E-state index in [1.54, 1.807) is 7.11 Å². The van der Waals surface area contributed by atoms with Gasteiger partial charge >= 0.3 is 0 Å². The Morgan fingerprint density at radius 3 is 2.57 bits per heavy atom. The summed E-state index contributed by atoms with van der Waals surface area (Å²) in [6, 6.07) is 5.79. The Hall–Kier alpha value is -1.02. The zero-order chi connectivity index (χ0) is 10.6. The highest BCUT2D eigenvalue weighted by Gasteiger charge is 2.03. The first-order valence-corrected chi connectivity index (χ1v) is 4.81. The lowest BCUT2D eigenvalue weighted by atomic mass is 10.0. The second-order valence-electron chi connectivity index (χ2n) is 3.84. The normalized spacial score (nSPS) is 10.6. The molecule has 0 atom stereocenters. The number of ether oxygens (including phenoxy) is 1. The maximum atomic E-state index is 8.94. The van der Waals surface area contributed by atoms with Crippen molar-refractivity contribution in [1.29, 1.82) is 0 Å². The van der Waals surface area contributed by atoms with Gasteiger partial charge in [0, 0.05) is 0 Å². The molecule has 1 radical (unpaired) electrons. The van der Waals surface area contributed by atoms with Crippen molar-refractivity contribution in [2.24, 2.45) is 5.92 Å². The number of aliphatic hydroxyl groups excluding tert-OH is 1. The lowest BCUT2D eigenvalue weighted by Crippen LogP contribution is -1.96. The van der Waals surface area contributed by atoms with Gasteiger partial charge in [0.05, 0.1) is 7.11 Å². The van der Waals surface area contributed by atoms with Gasteiger partial charge in [0.2, 0.25) is 0 Å². The summed E-state index contributed by atoms with van der Waals surface area (Å²) in [5.74, 6) is 1.40. The molecule has 0 spiro atoms. The number of rotatable bonds is 4. The van der Waals surface area contributed by atoms with Crippen molar-refractivity contribution in [2.75, 3.05) is 7.11 Å². The molecule has 1 aromatic carbocycles. The average Bonchev–Trinajstić information content (AvgIpc) is 2.16. The van der Waals surface area contributed by atoms with E-state index >= 15 is 0 Å². The van der Waals surface area contributed by atoms with E-state index in [1.165, 1.54) is 5.56 Å². The Kier molecular flexibility index (Phi) is 3.96. The van der Waals surface area contributed by atoms with Crippen molar-refractivity contribution in [3.05, 3.63) is 35.9 Å². The van der Waals surface area contributed by atoms with Gasteiger partial charge in [-0.15, -0.1) is 0 Å². The number of hydrogen-bond acceptors (Lipinski definition) is 2. The fraction of sp³-hybridized carbons (Fsp3) is 0.417. The van der Waals surface area contributed by atoms with E-state index in [4.69, 9.17) is 9.84 Å². The van der Waals surface area contributed by atoms with E-state index in [0.29, 0.717) is 5.92 Å². The molecule has 0 saturated carbocycles. The van der Waals surface area contributed by atoms with Crippen molar-refractivity contribution >= 4 is 0 Å². The minimum absolute atomic E-state index is 0.605. The number of aliphatic hydroxyl groups is 1. The Balaban J connectivity index is 2.92. The van der Waals surface area contributed by atoms with Crippen molar-refractivity contribution in [3.63, 3.8) is 0 Å². The fourth-order valence-electron chi connectivity index (χ4n) is 1.47. The van der Waals surface area contributed by atoms with Crippen LogP contribution in [-0.2, 0) is 6.42 Å². The van der Waals surface area contributed by atoms with Crippen LogP contribution in [0.15, 0.2) is 18.2 Å². The van der Waals surface area contributed by atoms with E-state index in [1.807, 2.05) is 18.2 Å². The van der Waals surface area contributed by atoms with Gasteiger partial charge in [-0.2, -0.15) is 0 Å². The van der Waals surface area contributed by atoms with E-state index in [2.05, 4.69) is 13.8 Å². The highest BCUT2D eigenvalue weighted by molar-refractivity contribution is 5.36. The summed E-state index contributed by atoms with van der Waals surface area (Å²) < 4.78 is 5.15. The first kappa shape index (κ1) is 11.1. The van der Waals surface area contributed by atoms with Crippen molar-refractivity contribution in [2.45, 2.75) is 20.3 Å². The van der Waals surface area contributed by atoms with E-state index < -0.39 is 0 Å². The molecule has 0 unspecified atom stereocenters. The van der Waals surface area contributed by atoms with Gasteiger partial charge in [-0.25, -0.2) is 0 Å². The molecule has 2 nitrogen and oxygen atoms in total. The number of methoxy groups -OCH3 is 1. The highest BCUT2D eigenvalue weighted by atomic mass is 16.5. The standard InChI is InChI=1S/C12H17O2/c1-9(2)4-10-5-11(8-13)7-12(6-10)14-3/h5-9,13H,4H2,1-3H3. The van der Waals surface area contributed by atoms with E-state index in [0.717, 1.165) is 24.3 Å². The molecular formula is C12H17O2. The lowest BCUT2D eigenvalue weighted by Gasteiger charge is -2.09. The molecule has 0 aromatic heterocycles. The van der Waals surface area contributed by atoms with Crippen LogP contribution in [0.25, 0.3) is 0 Å². The van der Waals surface area contributed by atoms with Crippen LogP contribution in [0, 0.1) is 12.5 Å². The quantitative estimate of drug-likeness (QED) is 0.796. The summed E-state index contributed by atoms with van der Waals surface area (Å²) in [5.41, 5.74) is 1.99. The van der Waals surface area contributed by atoms with Crippen LogP contribution >= 0.6 is 0 Å². The topological polar surface area (TPSA) is 29.5 Å². The van der Waals surface area contributed by atoms with Gasteiger partial charge in [-0.05, 0) is 35.6 Å². The number of benzene rings is 1. The lowest BCUT2D eigenvalue weighted by molar-refractivity contribution is 0.403. The number of hydrogen-bond donors (Lipinski definition) is 1. The Labute approximate surface area is 85.5 Å². The third kappa shape index (κ3) is 3.04. The molecule has 0 fully saturated rings. The van der Waals surface area contributed by atoms with Crippen molar-refractivity contribution < 1.29 is 9.84 Å². The smallest absolute Gasteiger partial charge is 0.119 e. The minimum atomic E-state index is 0.605. The summed E-state index contributed by atoms with van der Waals surface area (Å²) >= 11 is 0. The average molecular weight is 193 g/mol. The molecule has 77 valence electrons. The monoisotopic (exact) mass is 193 g/mol. The predicted molar refractivity (Wildman–Crippen MR) is 56.9 cm³/mol. The second kappa shape index (κ2) is 5.01. The SMILES string of the molecule is COc1cc([CH]O)cc(CC(C)C)c1. The van der Waals surface area contributed by atoms with Crippen LogP contribution in [0.2, 0.25) is 0 Å². The fourth-order valence-corrected chi connectivity index (χ4v) is 1.47. The summed E-state index contributed by atoms with van der Waals surface area (Å²) in [7, 11) is 1.63. The zero-order valence-electron chi connectivity index (χ0n) is 8.95. The van der Waals surface area contributed by atoms with Crippen LogP contribution < -0.4 is 4.74 Å². The first-order chi connectivity index (χ1) is 6.65. The maximum absolute atomic E-state index is 8.94. The van der Waals surface area contributed by atoms with E-state index in [9.17, 15) is 0 Å². The van der Waals surface area contributed by atoms with Crippen molar-refractivity contribution in [3.8, 4) is 5.75 Å². The summed E-state index contributed by atoms with van der Waals surface area (Å²) in [6.45, 7) is 5.44. The molecule has 1 rings (SSSR count). The Morgan fingerprint density at radius 2 is 2.07 bits per heavy atom. The molecule has 1 aromatic rings. The molecular weight excluding hydrogens is 176 g/mol. The zero-order valence-corrected chi connectivity index (χ0v) is 8.95. The van der Waals surface area contributed by atoms with Gasteiger partial charge in [0.25, 0.3) is 0 Å². The summed E-state index contributed by atoms with van der Waals surface area (Å²) in [5, 5.41) is 8.94. The molecule has 0 amide bonds. The van der Waals surface area contributed by atoms with Crippen LogP contribution in [0.4, 0.5) is 0 Å². The van der Waals surface area contributed by atoms with E-state index in [-0.39, 0.29) is 0 Å². The highest BCUT2D eigenvalue weighted by Crippen LogP contribution is 2.19.